The largest absolute Gasteiger partial charge is 0.481 e. The predicted octanol–water partition coefficient (Wildman–Crippen LogP) is -3.91. The van der Waals surface area contributed by atoms with Crippen LogP contribution in [0.2, 0.25) is 0 Å². The molecule has 638 valence electrons. The maximum absolute atomic E-state index is 15.1. The summed E-state index contributed by atoms with van der Waals surface area (Å²) >= 11 is 0. The molecule has 3 heterocycles. The molecule has 1 fully saturated rings. The zero-order valence-corrected chi connectivity index (χ0v) is 67.6. The van der Waals surface area contributed by atoms with E-state index >= 15 is 14.4 Å². The molecule has 0 bridgehead atoms. The summed E-state index contributed by atoms with van der Waals surface area (Å²) in [5, 5.41) is 64.2. The van der Waals surface area contributed by atoms with Gasteiger partial charge in [-0.3, -0.25) is 86.9 Å². The number of ketones is 1. The molecule has 0 radical (unpaired) electrons. The van der Waals surface area contributed by atoms with Crippen LogP contribution in [0.15, 0.2) is 97.6 Å². The summed E-state index contributed by atoms with van der Waals surface area (Å²) in [5.41, 5.74) is 18.8. The number of aliphatic hydroxyl groups excluding tert-OH is 1. The number of guanidine groups is 1. The first-order valence-electron chi connectivity index (χ1n) is 37.8. The summed E-state index contributed by atoms with van der Waals surface area (Å²) in [6, 6.07) is 0.581. The molecule has 15 amide bonds. The summed E-state index contributed by atoms with van der Waals surface area (Å²) < 4.78 is 0. The molecule has 25 N–H and O–H groups in total. The van der Waals surface area contributed by atoms with Crippen LogP contribution >= 0.6 is 21.6 Å². The molecule has 42 heteroatoms. The highest BCUT2D eigenvalue weighted by atomic mass is 33.1. The lowest BCUT2D eigenvalue weighted by atomic mass is 9.97. The summed E-state index contributed by atoms with van der Waals surface area (Å²) in [4.78, 5) is 249. The van der Waals surface area contributed by atoms with Gasteiger partial charge in [0.15, 0.2) is 11.7 Å². The normalized spacial score (nSPS) is 22.1. The Hall–Kier alpha value is -12.5. The maximum Gasteiger partial charge on any atom is 0.305 e. The highest BCUT2D eigenvalue weighted by Gasteiger charge is 2.39. The van der Waals surface area contributed by atoms with Crippen LogP contribution in [-0.2, 0) is 96.0 Å². The number of para-hydroxylation sites is 1. The Labute approximate surface area is 686 Å². The maximum atomic E-state index is 15.1. The standard InChI is InChI=1S/C76H103N21O19S2/c1-8-38(4)61(87-41(7)99)75(116)95-56-35-118-117-34-55(73(114)97-62(40(6)98)64(78)105)94-67(108)49(19-14-26-82-76(79)80)88-70(111)53(29-46-32-81-36-85-46)90-65(106)39(5)86-58(101)33-84-66(107)52(28-45-31-83-48-18-13-12-17-47(45)48)91-71(112)54(30-59(102)103)92-68(109)50(24-25-57(77)100)89-69(110)51(93-74(115)60(37(2)3)96-72(56)113)27-42-20-22-44(23-21-42)63(104)43-15-10-9-11-16-43/h9-13,15-18,20-23,31-32,36-40,49-56,60-62,83,98H,8,14,19,24-30,33-35H2,1-7H3,(H2,77,100)(H2,78,105)(H,81,85)(H,84,107)(H,86,101)(H,87,99)(H,88,111)(H,89,110)(H,90,106)(H,91,112)(H,92,109)(H,93,115)(H,94,108)(H,95,116)(H,96,113)(H,97,114)(H,102,103)(H4,79,80,82)/t38-,39-,40+,49-,50-,51-,52-,53-,54-,55-,56-,60-,61-,62-/m0/s1. The molecule has 5 aromatic rings. The van der Waals surface area contributed by atoms with E-state index in [4.69, 9.17) is 22.6 Å². The molecule has 1 aliphatic heterocycles. The van der Waals surface area contributed by atoms with Crippen molar-refractivity contribution in [2.24, 2.45) is 29.0 Å². The van der Waals surface area contributed by atoms with Gasteiger partial charge in [-0.2, -0.15) is 0 Å². The van der Waals surface area contributed by atoms with Gasteiger partial charge in [-0.25, -0.2) is 4.98 Å². The number of benzene rings is 3. The van der Waals surface area contributed by atoms with Crippen molar-refractivity contribution in [2.75, 3.05) is 24.6 Å². The van der Waals surface area contributed by atoms with E-state index in [9.17, 15) is 77.3 Å². The van der Waals surface area contributed by atoms with E-state index in [-0.39, 0.29) is 54.8 Å². The number of amides is 15. The van der Waals surface area contributed by atoms with Gasteiger partial charge in [-0.1, -0.05) is 128 Å². The van der Waals surface area contributed by atoms with Crippen molar-refractivity contribution >= 4 is 139 Å². The fourth-order valence-corrected chi connectivity index (χ4v) is 14.4. The number of primary amides is 2. The van der Waals surface area contributed by atoms with Gasteiger partial charge in [0.2, 0.25) is 88.6 Å². The summed E-state index contributed by atoms with van der Waals surface area (Å²) in [5.74, 6) is -20.8. The average molecular weight is 1680 g/mol. The third-order valence-corrected chi connectivity index (χ3v) is 21.2. The zero-order chi connectivity index (χ0) is 87.0. The molecule has 3 aromatic carbocycles. The highest BCUT2D eigenvalue weighted by Crippen LogP contribution is 2.25. The number of aliphatic carboxylic acids is 1. The summed E-state index contributed by atoms with van der Waals surface area (Å²) in [6.07, 6.45) is -1.05. The number of imidazole rings is 1. The van der Waals surface area contributed by atoms with Crippen LogP contribution in [0.1, 0.15) is 120 Å². The first-order chi connectivity index (χ1) is 55.9. The molecular weight excluding hydrogens is 1580 g/mol. The number of aromatic amines is 2. The second-order valence-corrected chi connectivity index (χ2v) is 31.1. The van der Waals surface area contributed by atoms with Crippen molar-refractivity contribution in [3.8, 4) is 0 Å². The van der Waals surface area contributed by atoms with E-state index in [1.807, 2.05) is 0 Å². The predicted molar refractivity (Wildman–Crippen MR) is 432 cm³/mol. The molecule has 1 aliphatic rings. The molecule has 0 unspecified atom stereocenters. The van der Waals surface area contributed by atoms with Crippen molar-refractivity contribution in [2.45, 2.75) is 185 Å². The van der Waals surface area contributed by atoms with Crippen LogP contribution in [0.25, 0.3) is 10.9 Å². The van der Waals surface area contributed by atoms with E-state index < -0.39 is 235 Å². The van der Waals surface area contributed by atoms with Crippen molar-refractivity contribution in [3.05, 3.63) is 126 Å². The molecule has 0 saturated carbocycles. The Kier molecular flexibility index (Phi) is 37.0. The van der Waals surface area contributed by atoms with E-state index in [2.05, 4.69) is 89.4 Å². The molecule has 40 nitrogen and oxygen atoms in total. The second kappa shape index (κ2) is 46.3. The molecule has 14 atom stereocenters. The van der Waals surface area contributed by atoms with Gasteiger partial charge in [-0.05, 0) is 62.1 Å². The van der Waals surface area contributed by atoms with Gasteiger partial charge in [0, 0.05) is 90.8 Å². The zero-order valence-electron chi connectivity index (χ0n) is 65.9. The third kappa shape index (κ3) is 30.0. The second-order valence-electron chi connectivity index (χ2n) is 28.5. The van der Waals surface area contributed by atoms with Crippen LogP contribution in [-0.4, -0.2) is 235 Å². The quantitative estimate of drug-likeness (QED) is 0.00785. The number of nitrogens with zero attached hydrogens (tertiary/aromatic N) is 1. The number of rotatable bonds is 27. The Morgan fingerprint density at radius 2 is 1.19 bits per heavy atom. The number of aromatic nitrogens is 3. The SMILES string of the molecule is CC[C@H](C)[C@H](NC(C)=O)C(=O)N[C@H]1CSSC[C@@H](C(=O)N[C@H](C(N)=O)[C@@H](C)O)NC(=O)[C@H](CCCNC(=N)N)NC(=O)[C@H](Cc2cnc[nH]2)NC(=O)[C@H](C)NC(=O)CNC(=O)[C@H](Cc2c[nH]c3ccccc23)NC(=O)[C@H](CC(=O)O)NC(=O)[C@H](CCC(N)=O)NC(=O)[C@H](Cc2ccc(C(=O)c3ccccc3)cc2)NC(=O)[C@H](C(C)C)NC1=O. The fourth-order valence-electron chi connectivity index (χ4n) is 12.1. The van der Waals surface area contributed by atoms with Crippen LogP contribution in [0, 0.1) is 17.2 Å². The van der Waals surface area contributed by atoms with E-state index in [1.165, 1.54) is 63.8 Å². The highest BCUT2D eigenvalue weighted by molar-refractivity contribution is 8.76. The molecule has 6 rings (SSSR count). The van der Waals surface area contributed by atoms with Gasteiger partial charge in [0.05, 0.1) is 25.4 Å². The van der Waals surface area contributed by atoms with Crippen molar-refractivity contribution in [3.63, 3.8) is 0 Å². The number of carboxylic acid groups (broad SMARTS) is 1. The minimum absolute atomic E-state index is 0.0132. The Bertz CT molecular complexity index is 4420. The number of hydrogen-bond acceptors (Lipinski definition) is 22. The van der Waals surface area contributed by atoms with Gasteiger partial charge in [0.25, 0.3) is 0 Å². The lowest BCUT2D eigenvalue weighted by molar-refractivity contribution is -0.141. The Morgan fingerprint density at radius 3 is 1.81 bits per heavy atom. The molecule has 2 aromatic heterocycles. The monoisotopic (exact) mass is 1680 g/mol. The molecule has 0 spiro atoms. The van der Waals surface area contributed by atoms with Gasteiger partial charge >= 0.3 is 5.97 Å². The minimum Gasteiger partial charge on any atom is -0.481 e. The van der Waals surface area contributed by atoms with Crippen LogP contribution in [0.4, 0.5) is 0 Å². The molecule has 1 saturated heterocycles. The number of nitrogens with two attached hydrogens (primary N) is 3. The fraction of sp³-hybridized carbons (Fsp3) is 0.461. The van der Waals surface area contributed by atoms with Crippen LogP contribution in [0.5, 0.6) is 0 Å². The van der Waals surface area contributed by atoms with Crippen molar-refractivity contribution < 1.29 is 91.7 Å². The van der Waals surface area contributed by atoms with Gasteiger partial charge < -0.3 is 112 Å². The van der Waals surface area contributed by atoms with E-state index in [0.29, 0.717) is 28.5 Å². The topological polar surface area (TPSA) is 645 Å². The smallest absolute Gasteiger partial charge is 0.305 e. The lowest BCUT2D eigenvalue weighted by Gasteiger charge is -2.29. The minimum atomic E-state index is -2.09. The summed E-state index contributed by atoms with van der Waals surface area (Å²) in [7, 11) is 1.61. The number of fused-ring (bicyclic) bond motifs is 1. The lowest BCUT2D eigenvalue weighted by Crippen LogP contribution is -2.61. The number of H-pyrrole nitrogens is 2. The average Bonchev–Trinajstić information content (AvgIpc) is 1.63. The third-order valence-electron chi connectivity index (χ3n) is 18.8. The van der Waals surface area contributed by atoms with E-state index in [0.717, 1.165) is 35.4 Å². The van der Waals surface area contributed by atoms with Crippen molar-refractivity contribution in [1.82, 2.24) is 89.4 Å². The molecular formula is C76H103N21O19S2. The molecule has 118 heavy (non-hydrogen) atoms. The number of carbonyl (C=O) groups excluding carboxylic acids is 16. The molecule has 0 aliphatic carbocycles. The van der Waals surface area contributed by atoms with Crippen LogP contribution < -0.4 is 91.6 Å². The van der Waals surface area contributed by atoms with Gasteiger partial charge in [-0.15, -0.1) is 0 Å². The first-order valence-corrected chi connectivity index (χ1v) is 40.3. The number of nitrogens with one attached hydrogen (secondary N) is 17. The van der Waals surface area contributed by atoms with Crippen LogP contribution in [0.3, 0.4) is 0 Å². The Morgan fingerprint density at radius 1 is 0.619 bits per heavy atom. The summed E-state index contributed by atoms with van der Waals surface area (Å²) in [6.45, 7) is 8.98. The number of hydrogen-bond donors (Lipinski definition) is 22. The van der Waals surface area contributed by atoms with E-state index in [1.54, 1.807) is 68.4 Å². The van der Waals surface area contributed by atoms with Crippen molar-refractivity contribution in [1.29, 1.82) is 5.41 Å². The number of aliphatic hydroxyl groups is 1. The van der Waals surface area contributed by atoms with Gasteiger partial charge in [0.1, 0.15) is 72.5 Å². The Balaban J connectivity index is 1.49. The number of carboxylic acids is 1. The first kappa shape index (κ1) is 94.4. The number of carbonyl (C=O) groups is 17.